The predicted molar refractivity (Wildman–Crippen MR) is 151 cm³/mol. The summed E-state index contributed by atoms with van der Waals surface area (Å²) in [7, 11) is 5.14. The number of quaternary nitrogens is 2. The molecule has 0 spiro atoms. The second-order valence-corrected chi connectivity index (χ2v) is 11.5. The molecule has 0 saturated carbocycles. The Labute approximate surface area is 216 Å². The largest absolute Gasteiger partial charge is 0.870 e. The van der Waals surface area contributed by atoms with Gasteiger partial charge < -0.3 is 19.9 Å². The highest BCUT2D eigenvalue weighted by molar-refractivity contribution is 4.51. The van der Waals surface area contributed by atoms with Crippen LogP contribution in [-0.2, 0) is 0 Å². The van der Waals surface area contributed by atoms with E-state index in [4.69, 9.17) is 0 Å². The van der Waals surface area contributed by atoms with E-state index in [0.717, 1.165) is 0 Å². The summed E-state index contributed by atoms with van der Waals surface area (Å²) in [6.07, 6.45) is 25.4. The fourth-order valence-corrected chi connectivity index (χ4v) is 5.34. The van der Waals surface area contributed by atoms with Gasteiger partial charge in [-0.25, -0.2) is 0 Å². The summed E-state index contributed by atoms with van der Waals surface area (Å²) in [5, 5.41) is 0. The first-order chi connectivity index (χ1) is 15.4. The normalized spacial score (nSPS) is 11.8. The van der Waals surface area contributed by atoms with Crippen molar-refractivity contribution in [2.24, 2.45) is 0 Å². The van der Waals surface area contributed by atoms with Gasteiger partial charge in [0.1, 0.15) is 0 Å². The summed E-state index contributed by atoms with van der Waals surface area (Å²) in [5.74, 6) is 0. The van der Waals surface area contributed by atoms with E-state index in [-0.39, 0.29) is 11.0 Å². The Morgan fingerprint density at radius 2 is 0.471 bits per heavy atom. The van der Waals surface area contributed by atoms with Gasteiger partial charge in [-0.3, -0.25) is 0 Å². The molecule has 0 amide bonds. The zero-order valence-electron chi connectivity index (χ0n) is 24.8. The third-order valence-corrected chi connectivity index (χ3v) is 7.85. The maximum Gasteiger partial charge on any atom is 0.0786 e. The molecule has 0 saturated heterocycles. The van der Waals surface area contributed by atoms with E-state index < -0.39 is 0 Å². The van der Waals surface area contributed by atoms with Gasteiger partial charge >= 0.3 is 0 Å². The summed E-state index contributed by atoms with van der Waals surface area (Å²) >= 11 is 0. The molecule has 0 heterocycles. The molecule has 210 valence electrons. The van der Waals surface area contributed by atoms with E-state index in [1.807, 2.05) is 0 Å². The van der Waals surface area contributed by atoms with Crippen LogP contribution in [0.15, 0.2) is 0 Å². The molecule has 0 aromatic heterocycles. The van der Waals surface area contributed by atoms with Crippen molar-refractivity contribution in [3.63, 3.8) is 0 Å². The summed E-state index contributed by atoms with van der Waals surface area (Å²) in [6, 6.07) is 0. The van der Waals surface area contributed by atoms with Gasteiger partial charge in [-0.15, -0.1) is 0 Å². The average Bonchev–Trinajstić information content (AvgIpc) is 2.78. The minimum absolute atomic E-state index is 0. The van der Waals surface area contributed by atoms with Gasteiger partial charge in [0.05, 0.1) is 53.4 Å². The fourth-order valence-electron chi connectivity index (χ4n) is 5.34. The second-order valence-electron chi connectivity index (χ2n) is 11.5. The van der Waals surface area contributed by atoms with Crippen molar-refractivity contribution < 1.29 is 19.9 Å². The quantitative estimate of drug-likeness (QED) is 0.0953. The molecular formula is C30H68N2O2. The number of unbranched alkanes of at least 4 members (excludes halogenated alkanes) is 13. The van der Waals surface area contributed by atoms with E-state index >= 15 is 0 Å². The first-order valence-electron chi connectivity index (χ1n) is 15.1. The zero-order valence-corrected chi connectivity index (χ0v) is 24.8. The van der Waals surface area contributed by atoms with Crippen molar-refractivity contribution in [3.8, 4) is 0 Å². The average molecular weight is 489 g/mol. The van der Waals surface area contributed by atoms with Crippen LogP contribution in [0.2, 0.25) is 0 Å². The standard InChI is InChI=1S/C30H66N2.2H2O/c1-7-11-15-19-25-31(5,26-20-16-12-8-2)29-23-24-30-32(6,27-21-17-13-9-3)28-22-18-14-10-4;;/h7-30H2,1-6H3;2*1H2/q+2;;/p-2. The van der Waals surface area contributed by atoms with Gasteiger partial charge in [-0.1, -0.05) is 79.1 Å². The molecule has 4 heteroatoms. The van der Waals surface area contributed by atoms with Gasteiger partial charge in [0.15, 0.2) is 0 Å². The lowest BCUT2D eigenvalue weighted by atomic mass is 10.1. The first kappa shape index (κ1) is 38.4. The Kier molecular flexibility index (Phi) is 29.3. The molecule has 0 aliphatic carbocycles. The van der Waals surface area contributed by atoms with Crippen LogP contribution in [0.3, 0.4) is 0 Å². The van der Waals surface area contributed by atoms with Crippen molar-refractivity contribution in [2.75, 3.05) is 53.4 Å². The van der Waals surface area contributed by atoms with Crippen LogP contribution in [0.1, 0.15) is 143 Å². The van der Waals surface area contributed by atoms with Crippen LogP contribution >= 0.6 is 0 Å². The molecule has 0 rings (SSSR count). The monoisotopic (exact) mass is 489 g/mol. The summed E-state index contributed by atoms with van der Waals surface area (Å²) in [4.78, 5) is 0. The summed E-state index contributed by atoms with van der Waals surface area (Å²) in [6.45, 7) is 17.8. The molecule has 4 nitrogen and oxygen atoms in total. The topological polar surface area (TPSA) is 60.0 Å². The van der Waals surface area contributed by atoms with Crippen LogP contribution in [0.4, 0.5) is 0 Å². The Balaban J connectivity index is -0.00000480. The van der Waals surface area contributed by atoms with Gasteiger partial charge in [-0.2, -0.15) is 0 Å². The van der Waals surface area contributed by atoms with Crippen molar-refractivity contribution in [2.45, 2.75) is 143 Å². The van der Waals surface area contributed by atoms with Crippen molar-refractivity contribution in [3.05, 3.63) is 0 Å². The molecular weight excluding hydrogens is 420 g/mol. The van der Waals surface area contributed by atoms with Crippen LogP contribution in [0.5, 0.6) is 0 Å². The van der Waals surface area contributed by atoms with Crippen LogP contribution in [0.25, 0.3) is 0 Å². The Morgan fingerprint density at radius 1 is 0.294 bits per heavy atom. The van der Waals surface area contributed by atoms with Gasteiger partial charge in [0.2, 0.25) is 0 Å². The molecule has 0 aromatic rings. The van der Waals surface area contributed by atoms with E-state index in [0.29, 0.717) is 0 Å². The number of nitrogens with zero attached hydrogens (tertiary/aromatic N) is 2. The SMILES string of the molecule is CCCCCC[N+](C)(CCCCCC)CCCC[N+](C)(CCCCCC)CCCCCC.[OH-].[OH-]. The predicted octanol–water partition coefficient (Wildman–Crippen LogP) is 8.63. The van der Waals surface area contributed by atoms with E-state index in [2.05, 4.69) is 41.8 Å². The lowest BCUT2D eigenvalue weighted by Crippen LogP contribution is -2.48. The highest BCUT2D eigenvalue weighted by Gasteiger charge is 2.23. The van der Waals surface area contributed by atoms with E-state index in [1.165, 1.54) is 164 Å². The minimum atomic E-state index is 0. The van der Waals surface area contributed by atoms with Crippen LogP contribution in [-0.4, -0.2) is 73.3 Å². The molecule has 0 unspecified atom stereocenters. The minimum Gasteiger partial charge on any atom is -0.870 e. The third kappa shape index (κ3) is 22.3. The fraction of sp³-hybridized carbons (Fsp3) is 1.00. The van der Waals surface area contributed by atoms with Gasteiger partial charge in [0, 0.05) is 12.8 Å². The maximum atomic E-state index is 2.57. The summed E-state index contributed by atoms with van der Waals surface area (Å²) in [5.41, 5.74) is 0. The summed E-state index contributed by atoms with van der Waals surface area (Å²) < 4.78 is 2.67. The van der Waals surface area contributed by atoms with Crippen molar-refractivity contribution in [1.29, 1.82) is 0 Å². The van der Waals surface area contributed by atoms with Gasteiger partial charge in [0.25, 0.3) is 0 Å². The molecule has 0 bridgehead atoms. The number of hydrogen-bond acceptors (Lipinski definition) is 2. The highest BCUT2D eigenvalue weighted by Crippen LogP contribution is 2.17. The number of rotatable bonds is 25. The molecule has 0 aliphatic heterocycles. The lowest BCUT2D eigenvalue weighted by molar-refractivity contribution is -0.916. The molecule has 0 aromatic carbocycles. The molecule has 34 heavy (non-hydrogen) atoms. The first-order valence-corrected chi connectivity index (χ1v) is 15.1. The highest BCUT2D eigenvalue weighted by atomic mass is 16.0. The lowest BCUT2D eigenvalue weighted by Gasteiger charge is -2.37. The van der Waals surface area contributed by atoms with Crippen LogP contribution < -0.4 is 0 Å². The second kappa shape index (κ2) is 25.9. The Morgan fingerprint density at radius 3 is 0.647 bits per heavy atom. The Bertz CT molecular complexity index is 330. The third-order valence-electron chi connectivity index (χ3n) is 7.85. The zero-order chi connectivity index (χ0) is 24.0. The molecule has 0 fully saturated rings. The molecule has 0 radical (unpaired) electrons. The van der Waals surface area contributed by atoms with E-state index in [1.54, 1.807) is 0 Å². The smallest absolute Gasteiger partial charge is 0.0786 e. The number of hydrogen-bond donors (Lipinski definition) is 0. The maximum absolute atomic E-state index is 2.57. The Hall–Kier alpha value is -0.160. The molecule has 2 N–H and O–H groups in total. The van der Waals surface area contributed by atoms with E-state index in [9.17, 15) is 0 Å². The molecule has 0 atom stereocenters. The van der Waals surface area contributed by atoms with Crippen LogP contribution in [0, 0.1) is 0 Å². The molecule has 0 aliphatic rings. The van der Waals surface area contributed by atoms with Crippen molar-refractivity contribution >= 4 is 0 Å². The van der Waals surface area contributed by atoms with Gasteiger partial charge in [-0.05, 0) is 51.4 Å². The van der Waals surface area contributed by atoms with Crippen molar-refractivity contribution in [1.82, 2.24) is 0 Å².